The van der Waals surface area contributed by atoms with E-state index in [0.29, 0.717) is 17.1 Å². The Bertz CT molecular complexity index is 783. The summed E-state index contributed by atoms with van der Waals surface area (Å²) < 4.78 is 11.4. The monoisotopic (exact) mass is 359 g/mol. The molecule has 4 nitrogen and oxygen atoms in total. The number of hydrogen-bond acceptors (Lipinski definition) is 3. The topological polar surface area (TPSA) is 47.6 Å². The fourth-order valence-corrected chi connectivity index (χ4v) is 2.77. The number of carbonyl (C=O) groups is 1. The molecule has 1 heterocycles. The molecule has 0 unspecified atom stereocenters. The summed E-state index contributed by atoms with van der Waals surface area (Å²) in [7, 11) is 3.18. The van der Waals surface area contributed by atoms with Gasteiger partial charge in [-0.15, -0.1) is 0 Å². The summed E-state index contributed by atoms with van der Waals surface area (Å²) >= 11 is 3.44. The van der Waals surface area contributed by atoms with Crippen LogP contribution in [0.4, 0.5) is 5.69 Å². The fraction of sp³-hybridized carbons (Fsp3) is 0.118. The lowest BCUT2D eigenvalue weighted by Crippen LogP contribution is -2.03. The minimum atomic E-state index is -0.108. The molecule has 1 aliphatic heterocycles. The Balaban J connectivity index is 2.06. The third-order valence-corrected chi connectivity index (χ3v) is 3.98. The quantitative estimate of drug-likeness (QED) is 0.843. The summed E-state index contributed by atoms with van der Waals surface area (Å²) in [5.74, 6) is 1.18. The maximum atomic E-state index is 12.2. The summed E-state index contributed by atoms with van der Waals surface area (Å²) in [4.78, 5) is 12.2. The first-order valence-corrected chi connectivity index (χ1v) is 7.46. The number of rotatable bonds is 3. The Labute approximate surface area is 136 Å². The zero-order chi connectivity index (χ0) is 15.7. The van der Waals surface area contributed by atoms with Gasteiger partial charge in [0, 0.05) is 21.3 Å². The van der Waals surface area contributed by atoms with Crippen LogP contribution in [-0.4, -0.2) is 20.1 Å². The van der Waals surface area contributed by atoms with E-state index in [1.807, 2.05) is 42.5 Å². The van der Waals surface area contributed by atoms with Crippen molar-refractivity contribution in [3.05, 3.63) is 52.0 Å². The normalized spacial score (nSPS) is 14.7. The molecule has 0 radical (unpaired) electrons. The highest BCUT2D eigenvalue weighted by molar-refractivity contribution is 9.10. The predicted molar refractivity (Wildman–Crippen MR) is 90.2 cm³/mol. The molecule has 0 aliphatic carbocycles. The van der Waals surface area contributed by atoms with Crippen LogP contribution in [0.1, 0.15) is 11.1 Å². The number of ether oxygens (including phenoxy) is 2. The summed E-state index contributed by atoms with van der Waals surface area (Å²) in [6.45, 7) is 0. The lowest BCUT2D eigenvalue weighted by molar-refractivity contribution is -0.110. The molecular formula is C17H14BrNO3. The first-order valence-electron chi connectivity index (χ1n) is 6.67. The average molecular weight is 360 g/mol. The van der Waals surface area contributed by atoms with Crippen LogP contribution < -0.4 is 14.8 Å². The van der Waals surface area contributed by atoms with E-state index < -0.39 is 0 Å². The van der Waals surface area contributed by atoms with Gasteiger partial charge in [-0.05, 0) is 42.0 Å². The van der Waals surface area contributed by atoms with Crippen LogP contribution in [0, 0.1) is 0 Å². The fourth-order valence-electron chi connectivity index (χ4n) is 2.41. The number of nitrogens with one attached hydrogen (secondary N) is 1. The van der Waals surface area contributed by atoms with Crippen molar-refractivity contribution in [3.63, 3.8) is 0 Å². The number of anilines is 1. The molecule has 5 heteroatoms. The van der Waals surface area contributed by atoms with E-state index in [4.69, 9.17) is 9.47 Å². The van der Waals surface area contributed by atoms with Crippen LogP contribution in [0.5, 0.6) is 11.5 Å². The summed E-state index contributed by atoms with van der Waals surface area (Å²) in [5, 5.41) is 2.86. The third kappa shape index (κ3) is 2.60. The van der Waals surface area contributed by atoms with Crippen LogP contribution in [0.2, 0.25) is 0 Å². The maximum Gasteiger partial charge on any atom is 0.256 e. The average Bonchev–Trinajstić information content (AvgIpc) is 2.83. The zero-order valence-corrected chi connectivity index (χ0v) is 13.7. The van der Waals surface area contributed by atoms with E-state index in [9.17, 15) is 4.79 Å². The molecule has 0 atom stereocenters. The van der Waals surface area contributed by atoms with Crippen molar-refractivity contribution in [2.45, 2.75) is 0 Å². The Hall–Kier alpha value is -2.27. The van der Waals surface area contributed by atoms with E-state index in [0.717, 1.165) is 21.3 Å². The van der Waals surface area contributed by atoms with Gasteiger partial charge < -0.3 is 14.8 Å². The maximum absolute atomic E-state index is 12.2. The lowest BCUT2D eigenvalue weighted by Gasteiger charge is -2.08. The molecule has 0 saturated heterocycles. The van der Waals surface area contributed by atoms with Gasteiger partial charge in [0.15, 0.2) is 11.5 Å². The minimum absolute atomic E-state index is 0.108. The molecule has 2 aromatic rings. The Morgan fingerprint density at radius 1 is 1.05 bits per heavy atom. The highest BCUT2D eigenvalue weighted by Gasteiger charge is 2.24. The number of halogens is 1. The molecular weight excluding hydrogens is 346 g/mol. The van der Waals surface area contributed by atoms with Gasteiger partial charge in [0.05, 0.1) is 14.2 Å². The van der Waals surface area contributed by atoms with Crippen molar-refractivity contribution < 1.29 is 14.3 Å². The smallest absolute Gasteiger partial charge is 0.256 e. The first-order chi connectivity index (χ1) is 10.6. The summed E-state index contributed by atoms with van der Waals surface area (Å²) in [6.07, 6.45) is 1.84. The van der Waals surface area contributed by atoms with Crippen LogP contribution in [0.15, 0.2) is 40.9 Å². The van der Waals surface area contributed by atoms with Crippen LogP contribution in [-0.2, 0) is 4.79 Å². The van der Waals surface area contributed by atoms with Crippen LogP contribution in [0.3, 0.4) is 0 Å². The predicted octanol–water partition coefficient (Wildman–Crippen LogP) is 3.96. The van der Waals surface area contributed by atoms with E-state index in [2.05, 4.69) is 21.2 Å². The van der Waals surface area contributed by atoms with E-state index in [-0.39, 0.29) is 5.91 Å². The second kappa shape index (κ2) is 5.85. The number of amides is 1. The molecule has 1 N–H and O–H groups in total. The van der Waals surface area contributed by atoms with E-state index in [1.54, 1.807) is 14.2 Å². The number of carbonyl (C=O) groups excluding carboxylic acids is 1. The Kier molecular flexibility index (Phi) is 3.90. The van der Waals surface area contributed by atoms with E-state index >= 15 is 0 Å². The molecule has 0 spiro atoms. The van der Waals surface area contributed by atoms with Gasteiger partial charge in [0.2, 0.25) is 0 Å². The van der Waals surface area contributed by atoms with Gasteiger partial charge in [-0.1, -0.05) is 22.0 Å². The molecule has 2 aromatic carbocycles. The molecule has 0 saturated carbocycles. The van der Waals surface area contributed by atoms with Gasteiger partial charge in [-0.2, -0.15) is 0 Å². The van der Waals surface area contributed by atoms with Crippen molar-refractivity contribution in [2.24, 2.45) is 0 Å². The number of benzene rings is 2. The van der Waals surface area contributed by atoms with Gasteiger partial charge in [-0.3, -0.25) is 4.79 Å². The van der Waals surface area contributed by atoms with Crippen molar-refractivity contribution in [3.8, 4) is 11.5 Å². The van der Waals surface area contributed by atoms with Crippen molar-refractivity contribution in [2.75, 3.05) is 19.5 Å². The molecule has 0 fully saturated rings. The largest absolute Gasteiger partial charge is 0.493 e. The molecule has 0 aromatic heterocycles. The minimum Gasteiger partial charge on any atom is -0.493 e. The van der Waals surface area contributed by atoms with E-state index in [1.165, 1.54) is 0 Å². The second-order valence-electron chi connectivity index (χ2n) is 4.82. The highest BCUT2D eigenvalue weighted by Crippen LogP contribution is 2.36. The molecule has 3 rings (SSSR count). The third-order valence-electron chi connectivity index (χ3n) is 3.48. The van der Waals surface area contributed by atoms with Crippen molar-refractivity contribution in [1.82, 2.24) is 0 Å². The number of methoxy groups -OCH3 is 2. The zero-order valence-electron chi connectivity index (χ0n) is 12.1. The second-order valence-corrected chi connectivity index (χ2v) is 5.73. The molecule has 0 bridgehead atoms. The van der Waals surface area contributed by atoms with Crippen LogP contribution in [0.25, 0.3) is 11.6 Å². The van der Waals surface area contributed by atoms with Crippen molar-refractivity contribution in [1.29, 1.82) is 0 Å². The Morgan fingerprint density at radius 3 is 2.55 bits per heavy atom. The van der Waals surface area contributed by atoms with Gasteiger partial charge in [0.25, 0.3) is 5.91 Å². The number of fused-ring (bicyclic) bond motifs is 1. The number of hydrogen-bond donors (Lipinski definition) is 1. The molecule has 112 valence electrons. The van der Waals surface area contributed by atoms with Gasteiger partial charge in [-0.25, -0.2) is 0 Å². The molecule has 1 amide bonds. The molecule has 1 aliphatic rings. The lowest BCUT2D eigenvalue weighted by atomic mass is 10.0. The summed E-state index contributed by atoms with van der Waals surface area (Å²) in [6, 6.07) is 11.3. The SMILES string of the molecule is COc1ccc(/C=C2\C(=O)Nc3ccc(Br)cc32)cc1OC. The Morgan fingerprint density at radius 2 is 1.82 bits per heavy atom. The summed E-state index contributed by atoms with van der Waals surface area (Å²) in [5.41, 5.74) is 3.20. The highest BCUT2D eigenvalue weighted by atomic mass is 79.9. The van der Waals surface area contributed by atoms with Gasteiger partial charge in [0.1, 0.15) is 0 Å². The van der Waals surface area contributed by atoms with Crippen LogP contribution >= 0.6 is 15.9 Å². The standard InChI is InChI=1S/C17H14BrNO3/c1-21-15-6-3-10(8-16(15)22-2)7-13-12-9-11(18)4-5-14(12)19-17(13)20/h3-9H,1-2H3,(H,19,20)/b13-7-. The first kappa shape index (κ1) is 14.7. The molecule has 22 heavy (non-hydrogen) atoms. The van der Waals surface area contributed by atoms with Crippen molar-refractivity contribution >= 4 is 39.2 Å². The van der Waals surface area contributed by atoms with Gasteiger partial charge >= 0.3 is 0 Å².